The molecule has 1 saturated heterocycles. The van der Waals surface area contributed by atoms with E-state index in [1.807, 2.05) is 31.2 Å². The van der Waals surface area contributed by atoms with E-state index < -0.39 is 11.9 Å². The molecule has 7 heteroatoms. The van der Waals surface area contributed by atoms with E-state index in [1.165, 1.54) is 6.08 Å². The second-order valence-corrected chi connectivity index (χ2v) is 7.54. The third-order valence-corrected chi connectivity index (χ3v) is 5.06. The predicted octanol–water partition coefficient (Wildman–Crippen LogP) is 5.65. The van der Waals surface area contributed by atoms with Gasteiger partial charge < -0.3 is 9.73 Å². The Labute approximate surface area is 177 Å². The van der Waals surface area contributed by atoms with Crippen molar-refractivity contribution in [2.45, 2.75) is 13.5 Å². The number of nitrogens with one attached hydrogen (secondary N) is 1. The smallest absolute Gasteiger partial charge is 0.329 e. The van der Waals surface area contributed by atoms with Gasteiger partial charge in [-0.3, -0.25) is 9.69 Å². The van der Waals surface area contributed by atoms with Crippen molar-refractivity contribution >= 4 is 41.2 Å². The van der Waals surface area contributed by atoms with E-state index in [4.69, 9.17) is 27.6 Å². The number of furan rings is 1. The van der Waals surface area contributed by atoms with Crippen LogP contribution in [0.4, 0.5) is 4.79 Å². The van der Waals surface area contributed by atoms with Crippen LogP contribution in [0.25, 0.3) is 17.4 Å². The Kier molecular flexibility index (Phi) is 5.18. The second kappa shape index (κ2) is 7.78. The van der Waals surface area contributed by atoms with Crippen LogP contribution in [-0.2, 0) is 11.3 Å². The average Bonchev–Trinajstić information content (AvgIpc) is 3.24. The van der Waals surface area contributed by atoms with Gasteiger partial charge in [-0.2, -0.15) is 0 Å². The first-order chi connectivity index (χ1) is 13.9. The zero-order chi connectivity index (χ0) is 20.5. The van der Waals surface area contributed by atoms with Gasteiger partial charge in [-0.1, -0.05) is 53.0 Å². The molecule has 0 atom stereocenters. The molecule has 0 radical (unpaired) electrons. The lowest BCUT2D eigenvalue weighted by molar-refractivity contribution is -0.123. The van der Waals surface area contributed by atoms with Crippen molar-refractivity contribution in [1.82, 2.24) is 10.2 Å². The van der Waals surface area contributed by atoms with E-state index in [1.54, 1.807) is 30.3 Å². The highest BCUT2D eigenvalue weighted by Crippen LogP contribution is 2.32. The third-order valence-electron chi connectivity index (χ3n) is 4.49. The maximum Gasteiger partial charge on any atom is 0.329 e. The minimum absolute atomic E-state index is 0.153. The second-order valence-electron chi connectivity index (χ2n) is 6.69. The lowest BCUT2D eigenvalue weighted by Crippen LogP contribution is -2.30. The summed E-state index contributed by atoms with van der Waals surface area (Å²) < 4.78 is 5.78. The Morgan fingerprint density at radius 2 is 1.90 bits per heavy atom. The molecule has 3 aromatic rings. The van der Waals surface area contributed by atoms with Crippen molar-refractivity contribution < 1.29 is 14.0 Å². The summed E-state index contributed by atoms with van der Waals surface area (Å²) in [5.74, 6) is 0.519. The monoisotopic (exact) mass is 426 g/mol. The number of urea groups is 1. The van der Waals surface area contributed by atoms with E-state index in [-0.39, 0.29) is 12.2 Å². The molecule has 1 aliphatic heterocycles. The summed E-state index contributed by atoms with van der Waals surface area (Å²) in [7, 11) is 0. The summed E-state index contributed by atoms with van der Waals surface area (Å²) in [6.07, 6.45) is 1.50. The van der Waals surface area contributed by atoms with Crippen LogP contribution in [0.1, 0.15) is 16.9 Å². The van der Waals surface area contributed by atoms with Crippen LogP contribution in [-0.4, -0.2) is 16.8 Å². The van der Waals surface area contributed by atoms with Gasteiger partial charge in [-0.05, 0) is 42.8 Å². The van der Waals surface area contributed by atoms with Gasteiger partial charge in [-0.25, -0.2) is 4.79 Å². The Morgan fingerprint density at radius 1 is 1.07 bits per heavy atom. The van der Waals surface area contributed by atoms with Gasteiger partial charge in [0.05, 0.1) is 11.6 Å². The largest absolute Gasteiger partial charge is 0.457 e. The van der Waals surface area contributed by atoms with Gasteiger partial charge in [0.2, 0.25) is 0 Å². The van der Waals surface area contributed by atoms with Crippen molar-refractivity contribution in [2.75, 3.05) is 0 Å². The number of carbonyl (C=O) groups is 2. The molecular weight excluding hydrogens is 411 g/mol. The van der Waals surface area contributed by atoms with E-state index in [9.17, 15) is 9.59 Å². The summed E-state index contributed by atoms with van der Waals surface area (Å²) in [6, 6.07) is 15.7. The normalized spacial score (nSPS) is 15.3. The Morgan fingerprint density at radius 3 is 2.69 bits per heavy atom. The number of nitrogens with zero attached hydrogens (tertiary/aromatic N) is 1. The summed E-state index contributed by atoms with van der Waals surface area (Å²) in [4.78, 5) is 26.1. The Bertz CT molecular complexity index is 1150. The van der Waals surface area contributed by atoms with Gasteiger partial charge in [0.15, 0.2) is 0 Å². The van der Waals surface area contributed by atoms with Crippen LogP contribution in [0.15, 0.2) is 64.7 Å². The molecule has 29 heavy (non-hydrogen) atoms. The topological polar surface area (TPSA) is 62.6 Å². The molecule has 0 spiro atoms. The first kappa shape index (κ1) is 19.3. The quantitative estimate of drug-likeness (QED) is 0.432. The maximum absolute atomic E-state index is 12.7. The minimum Gasteiger partial charge on any atom is -0.457 e. The molecule has 146 valence electrons. The van der Waals surface area contributed by atoms with Crippen LogP contribution in [0.5, 0.6) is 0 Å². The number of hydrogen-bond donors (Lipinski definition) is 1. The molecular formula is C22H16Cl2N2O3. The van der Waals surface area contributed by atoms with E-state index in [0.29, 0.717) is 27.1 Å². The van der Waals surface area contributed by atoms with Crippen LogP contribution < -0.4 is 5.32 Å². The van der Waals surface area contributed by atoms with Crippen molar-refractivity contribution in [1.29, 1.82) is 0 Å². The number of aryl methyl sites for hydroxylation is 1. The minimum atomic E-state index is -0.465. The lowest BCUT2D eigenvalue weighted by atomic mass is 10.1. The van der Waals surface area contributed by atoms with Crippen molar-refractivity contribution in [3.63, 3.8) is 0 Å². The number of benzene rings is 2. The summed E-state index contributed by atoms with van der Waals surface area (Å²) in [6.45, 7) is 2.16. The van der Waals surface area contributed by atoms with Crippen LogP contribution in [0.2, 0.25) is 10.0 Å². The molecule has 1 N–H and O–H groups in total. The van der Waals surface area contributed by atoms with E-state index >= 15 is 0 Å². The summed E-state index contributed by atoms with van der Waals surface area (Å²) in [5.41, 5.74) is 2.74. The molecule has 0 unspecified atom stereocenters. The molecule has 1 fully saturated rings. The molecule has 0 aliphatic carbocycles. The summed E-state index contributed by atoms with van der Waals surface area (Å²) >= 11 is 12.2. The molecule has 1 aliphatic rings. The van der Waals surface area contributed by atoms with Gasteiger partial charge in [0.25, 0.3) is 5.91 Å². The molecule has 4 rings (SSSR count). The highest BCUT2D eigenvalue weighted by Gasteiger charge is 2.33. The molecule has 5 nitrogen and oxygen atoms in total. The number of amides is 3. The molecule has 0 saturated carbocycles. The molecule has 1 aromatic heterocycles. The number of halogens is 2. The first-order valence-electron chi connectivity index (χ1n) is 8.86. The van der Waals surface area contributed by atoms with Crippen molar-refractivity contribution in [2.24, 2.45) is 0 Å². The lowest BCUT2D eigenvalue weighted by Gasteiger charge is -2.12. The SMILES string of the molecule is Cc1cccc(CN2C(=O)N/C(=C/c3ccc(-c4cc(Cl)ccc4Cl)o3)C2=O)c1. The van der Waals surface area contributed by atoms with Crippen LogP contribution >= 0.6 is 23.2 Å². The zero-order valence-electron chi connectivity index (χ0n) is 15.4. The van der Waals surface area contributed by atoms with Gasteiger partial charge in [0, 0.05) is 16.7 Å². The maximum atomic E-state index is 12.7. The van der Waals surface area contributed by atoms with E-state index in [0.717, 1.165) is 16.0 Å². The Balaban J connectivity index is 1.56. The van der Waals surface area contributed by atoms with Gasteiger partial charge in [0.1, 0.15) is 17.2 Å². The fourth-order valence-electron chi connectivity index (χ4n) is 3.11. The number of carbonyl (C=O) groups excluding carboxylic acids is 2. The highest BCUT2D eigenvalue weighted by atomic mass is 35.5. The first-order valence-corrected chi connectivity index (χ1v) is 9.61. The summed E-state index contributed by atoms with van der Waals surface area (Å²) in [5, 5.41) is 3.63. The Hall–Kier alpha value is -3.02. The predicted molar refractivity (Wildman–Crippen MR) is 112 cm³/mol. The van der Waals surface area contributed by atoms with Gasteiger partial charge >= 0.3 is 6.03 Å². The van der Waals surface area contributed by atoms with Crippen molar-refractivity contribution in [3.05, 3.63) is 87.2 Å². The van der Waals surface area contributed by atoms with Crippen molar-refractivity contribution in [3.8, 4) is 11.3 Å². The molecule has 0 bridgehead atoms. The number of imide groups is 1. The molecule has 2 aromatic carbocycles. The fraction of sp³-hybridized carbons (Fsp3) is 0.0909. The standard InChI is InChI=1S/C22H16Cl2N2O3/c1-13-3-2-4-14(9-13)12-26-21(27)19(25-22(26)28)11-16-6-8-20(29-16)17-10-15(23)5-7-18(17)24/h2-11H,12H2,1H3,(H,25,28)/b19-11+. The number of hydrogen-bond acceptors (Lipinski definition) is 3. The van der Waals surface area contributed by atoms with E-state index in [2.05, 4.69) is 5.32 Å². The number of rotatable bonds is 4. The van der Waals surface area contributed by atoms with Crippen LogP contribution in [0, 0.1) is 6.92 Å². The molecule has 2 heterocycles. The zero-order valence-corrected chi connectivity index (χ0v) is 16.9. The third kappa shape index (κ3) is 4.06. The average molecular weight is 427 g/mol. The fourth-order valence-corrected chi connectivity index (χ4v) is 3.49. The van der Waals surface area contributed by atoms with Gasteiger partial charge in [-0.15, -0.1) is 0 Å². The molecule has 3 amide bonds. The highest BCUT2D eigenvalue weighted by molar-refractivity contribution is 6.35. The van der Waals surface area contributed by atoms with Crippen LogP contribution in [0.3, 0.4) is 0 Å².